The molecule has 3 atom stereocenters. The highest BCUT2D eigenvalue weighted by molar-refractivity contribution is 7.37. The van der Waals surface area contributed by atoms with Crippen LogP contribution in [0.25, 0.3) is 0 Å². The van der Waals surface area contributed by atoms with Crippen molar-refractivity contribution < 1.29 is 0 Å². The Morgan fingerprint density at radius 1 is 1.20 bits per heavy atom. The Balaban J connectivity index is 3.74. The van der Waals surface area contributed by atoms with E-state index in [0.29, 0.717) is 0 Å². The van der Waals surface area contributed by atoms with Gasteiger partial charge in [0.2, 0.25) is 0 Å². The lowest BCUT2D eigenvalue weighted by Crippen LogP contribution is -2.30. The Kier molecular flexibility index (Phi) is 9.85. The van der Waals surface area contributed by atoms with Crippen LogP contribution in [0.2, 0.25) is 0 Å². The zero-order valence-electron chi connectivity index (χ0n) is 11.3. The third-order valence-corrected chi connectivity index (χ3v) is 4.45. The summed E-state index contributed by atoms with van der Waals surface area (Å²) in [5.41, 5.74) is 0.944. The van der Waals surface area contributed by atoms with E-state index in [1.54, 1.807) is 0 Å². The van der Waals surface area contributed by atoms with Gasteiger partial charge in [0.15, 0.2) is 0 Å². The molecule has 0 saturated heterocycles. The van der Waals surface area contributed by atoms with Crippen molar-refractivity contribution in [2.24, 2.45) is 5.92 Å². The van der Waals surface area contributed by atoms with Crippen LogP contribution in [-0.2, 0) is 0 Å². The first-order chi connectivity index (χ1) is 7.13. The molecule has 0 amide bonds. The fraction of sp³-hybridized carbons (Fsp3) is 1.00. The second-order valence-corrected chi connectivity index (χ2v) is 6.26. The molecule has 0 aromatic heterocycles. The Bertz CT molecular complexity index is 138. The molecular formula is C13H30NP. The standard InChI is InChI=1S/C13H30NP/c1-6-8-9-13(15-5)11-14(4)10-12(3)7-2/h12-13,15H,6-11H2,1-5H3. The third kappa shape index (κ3) is 8.22. The monoisotopic (exact) mass is 231 g/mol. The van der Waals surface area contributed by atoms with Crippen LogP contribution in [0.5, 0.6) is 0 Å². The molecule has 0 bridgehead atoms. The van der Waals surface area contributed by atoms with Gasteiger partial charge in [0.1, 0.15) is 0 Å². The van der Waals surface area contributed by atoms with E-state index in [9.17, 15) is 0 Å². The van der Waals surface area contributed by atoms with E-state index in [4.69, 9.17) is 0 Å². The summed E-state index contributed by atoms with van der Waals surface area (Å²) >= 11 is 0. The molecule has 0 aliphatic carbocycles. The van der Waals surface area contributed by atoms with Gasteiger partial charge < -0.3 is 4.90 Å². The topological polar surface area (TPSA) is 3.24 Å². The molecule has 0 heterocycles. The summed E-state index contributed by atoms with van der Waals surface area (Å²) in [5.74, 6) is 0.849. The molecule has 0 aromatic rings. The van der Waals surface area contributed by atoms with Crippen molar-refractivity contribution in [1.82, 2.24) is 4.90 Å². The number of nitrogens with zero attached hydrogens (tertiary/aromatic N) is 1. The van der Waals surface area contributed by atoms with Crippen LogP contribution in [0, 0.1) is 5.92 Å². The molecule has 0 aliphatic rings. The fourth-order valence-electron chi connectivity index (χ4n) is 1.89. The van der Waals surface area contributed by atoms with Gasteiger partial charge in [0.05, 0.1) is 0 Å². The minimum atomic E-state index is 0.849. The second-order valence-electron chi connectivity index (χ2n) is 4.86. The lowest BCUT2D eigenvalue weighted by Gasteiger charge is -2.25. The predicted molar refractivity (Wildman–Crippen MR) is 74.5 cm³/mol. The molecule has 1 nitrogen and oxygen atoms in total. The molecule has 0 aromatic carbocycles. The van der Waals surface area contributed by atoms with Gasteiger partial charge in [-0.3, -0.25) is 0 Å². The first kappa shape index (κ1) is 15.4. The van der Waals surface area contributed by atoms with Crippen molar-refractivity contribution >= 4 is 8.58 Å². The second kappa shape index (κ2) is 9.60. The van der Waals surface area contributed by atoms with E-state index in [-0.39, 0.29) is 0 Å². The van der Waals surface area contributed by atoms with Gasteiger partial charge in [-0.05, 0) is 31.7 Å². The first-order valence-corrected chi connectivity index (χ1v) is 8.07. The van der Waals surface area contributed by atoms with E-state index in [1.807, 2.05) is 0 Å². The SMILES string of the molecule is CCCCC(CN(C)CC(C)CC)PC. The molecule has 0 spiro atoms. The Morgan fingerprint density at radius 2 is 1.87 bits per heavy atom. The molecule has 92 valence electrons. The quantitative estimate of drug-likeness (QED) is 0.545. The van der Waals surface area contributed by atoms with Crippen molar-refractivity contribution in [3.63, 3.8) is 0 Å². The van der Waals surface area contributed by atoms with E-state index in [2.05, 4.69) is 39.4 Å². The summed E-state index contributed by atoms with van der Waals surface area (Å²) in [6.07, 6.45) is 5.48. The van der Waals surface area contributed by atoms with Crippen LogP contribution in [0.15, 0.2) is 0 Å². The minimum Gasteiger partial charge on any atom is -0.305 e. The van der Waals surface area contributed by atoms with Crippen LogP contribution < -0.4 is 0 Å². The average molecular weight is 231 g/mol. The highest BCUT2D eigenvalue weighted by Gasteiger charge is 2.10. The van der Waals surface area contributed by atoms with E-state index in [1.165, 1.54) is 38.8 Å². The van der Waals surface area contributed by atoms with Crippen molar-refractivity contribution in [3.8, 4) is 0 Å². The van der Waals surface area contributed by atoms with E-state index < -0.39 is 0 Å². The van der Waals surface area contributed by atoms with Gasteiger partial charge in [0.25, 0.3) is 0 Å². The number of hydrogen-bond donors (Lipinski definition) is 0. The van der Waals surface area contributed by atoms with Crippen molar-refractivity contribution in [2.75, 3.05) is 26.8 Å². The van der Waals surface area contributed by atoms with Gasteiger partial charge in [-0.15, -0.1) is 8.58 Å². The summed E-state index contributed by atoms with van der Waals surface area (Å²) in [6, 6.07) is 0. The molecule has 0 radical (unpaired) electrons. The van der Waals surface area contributed by atoms with Crippen molar-refractivity contribution in [3.05, 3.63) is 0 Å². The molecule has 0 aliphatic heterocycles. The zero-order chi connectivity index (χ0) is 11.7. The maximum absolute atomic E-state index is 2.53. The maximum atomic E-state index is 2.53. The van der Waals surface area contributed by atoms with Gasteiger partial charge in [-0.25, -0.2) is 0 Å². The normalized spacial score (nSPS) is 16.4. The highest BCUT2D eigenvalue weighted by Crippen LogP contribution is 2.21. The molecule has 0 rings (SSSR count). The summed E-state index contributed by atoms with van der Waals surface area (Å²) in [6.45, 7) is 11.9. The largest absolute Gasteiger partial charge is 0.305 e. The van der Waals surface area contributed by atoms with Crippen LogP contribution in [0.1, 0.15) is 46.5 Å². The van der Waals surface area contributed by atoms with Crippen molar-refractivity contribution in [1.29, 1.82) is 0 Å². The Hall–Kier alpha value is 0.390. The first-order valence-electron chi connectivity index (χ1n) is 6.49. The molecule has 15 heavy (non-hydrogen) atoms. The van der Waals surface area contributed by atoms with Crippen molar-refractivity contribution in [2.45, 2.75) is 52.1 Å². The molecule has 0 saturated carbocycles. The summed E-state index contributed by atoms with van der Waals surface area (Å²) in [7, 11) is 3.39. The van der Waals surface area contributed by atoms with Crippen LogP contribution in [0.3, 0.4) is 0 Å². The minimum absolute atomic E-state index is 0.849. The number of rotatable bonds is 9. The molecule has 0 N–H and O–H groups in total. The lowest BCUT2D eigenvalue weighted by atomic mass is 10.1. The van der Waals surface area contributed by atoms with Crippen LogP contribution >= 0.6 is 8.58 Å². The molecule has 0 fully saturated rings. The number of unbranched alkanes of at least 4 members (excludes halogenated alkanes) is 1. The smallest absolute Gasteiger partial charge is 0.00437 e. The van der Waals surface area contributed by atoms with E-state index >= 15 is 0 Å². The molecular weight excluding hydrogens is 201 g/mol. The van der Waals surface area contributed by atoms with Crippen LogP contribution in [-0.4, -0.2) is 37.4 Å². The highest BCUT2D eigenvalue weighted by atomic mass is 31.1. The third-order valence-electron chi connectivity index (χ3n) is 3.17. The van der Waals surface area contributed by atoms with Gasteiger partial charge in [-0.2, -0.15) is 0 Å². The van der Waals surface area contributed by atoms with E-state index in [0.717, 1.165) is 20.2 Å². The Morgan fingerprint density at radius 3 is 2.33 bits per heavy atom. The fourth-order valence-corrected chi connectivity index (χ4v) is 2.88. The summed E-state index contributed by atoms with van der Waals surface area (Å²) in [4.78, 5) is 2.53. The van der Waals surface area contributed by atoms with Crippen LogP contribution in [0.4, 0.5) is 0 Å². The van der Waals surface area contributed by atoms with Gasteiger partial charge >= 0.3 is 0 Å². The number of hydrogen-bond acceptors (Lipinski definition) is 1. The average Bonchev–Trinajstić information content (AvgIpc) is 2.23. The van der Waals surface area contributed by atoms with Gasteiger partial charge in [0, 0.05) is 13.1 Å². The Labute approximate surface area is 98.8 Å². The summed E-state index contributed by atoms with van der Waals surface area (Å²) < 4.78 is 0. The zero-order valence-corrected chi connectivity index (χ0v) is 12.3. The van der Waals surface area contributed by atoms with Gasteiger partial charge in [-0.1, -0.05) is 40.0 Å². The molecule has 3 unspecified atom stereocenters. The molecule has 2 heteroatoms. The lowest BCUT2D eigenvalue weighted by molar-refractivity contribution is 0.279. The predicted octanol–water partition coefficient (Wildman–Crippen LogP) is 3.83. The summed E-state index contributed by atoms with van der Waals surface area (Å²) in [5, 5.41) is 0. The maximum Gasteiger partial charge on any atom is 0.00437 e.